The van der Waals surface area contributed by atoms with E-state index in [-0.39, 0.29) is 0 Å². The lowest BCUT2D eigenvalue weighted by Crippen LogP contribution is -2.29. The van der Waals surface area contributed by atoms with Gasteiger partial charge in [-0.3, -0.25) is 0 Å². The maximum Gasteiger partial charge on any atom is 0.164 e. The first-order valence-electron chi connectivity index (χ1n) is 21.1. The summed E-state index contributed by atoms with van der Waals surface area (Å²) in [5.41, 5.74) is 18.5. The van der Waals surface area contributed by atoms with Crippen molar-refractivity contribution >= 4 is 21.9 Å². The molecule has 9 aromatic carbocycles. The fraction of sp³-hybridized carbons (Fsp3) is 0.0172. The second-order valence-corrected chi connectivity index (χ2v) is 16.3. The number of aromatic nitrogens is 3. The molecule has 11 aromatic rings. The van der Waals surface area contributed by atoms with Crippen LogP contribution in [0.2, 0.25) is 0 Å². The molecule has 0 aliphatic heterocycles. The van der Waals surface area contributed by atoms with Crippen molar-refractivity contribution < 1.29 is 4.42 Å². The summed E-state index contributed by atoms with van der Waals surface area (Å²) in [6, 6.07) is 75.9. The summed E-state index contributed by atoms with van der Waals surface area (Å²) in [4.78, 5) is 15.7. The summed E-state index contributed by atoms with van der Waals surface area (Å²) >= 11 is 0. The number of rotatable bonds is 4. The highest BCUT2D eigenvalue weighted by molar-refractivity contribution is 6.06. The smallest absolute Gasteiger partial charge is 0.164 e. The predicted octanol–water partition coefficient (Wildman–Crippen LogP) is 14.4. The van der Waals surface area contributed by atoms with Crippen molar-refractivity contribution in [3.8, 4) is 78.7 Å². The van der Waals surface area contributed by atoms with Gasteiger partial charge >= 0.3 is 0 Å². The Morgan fingerprint density at radius 2 is 0.710 bits per heavy atom. The number of hydrogen-bond acceptors (Lipinski definition) is 4. The van der Waals surface area contributed by atoms with Crippen LogP contribution in [0.25, 0.3) is 101 Å². The van der Waals surface area contributed by atoms with Gasteiger partial charge in [-0.15, -0.1) is 0 Å². The summed E-state index contributed by atoms with van der Waals surface area (Å²) < 4.78 is 6.23. The van der Waals surface area contributed by atoms with Crippen molar-refractivity contribution in [2.45, 2.75) is 5.41 Å². The highest BCUT2D eigenvalue weighted by atomic mass is 16.3. The lowest BCUT2D eigenvalue weighted by Gasteiger charge is -2.35. The predicted molar refractivity (Wildman–Crippen MR) is 251 cm³/mol. The Balaban J connectivity index is 1.01. The van der Waals surface area contributed by atoms with Crippen molar-refractivity contribution in [3.05, 3.63) is 235 Å². The number of benzene rings is 9. The summed E-state index contributed by atoms with van der Waals surface area (Å²) in [6.45, 7) is 0. The van der Waals surface area contributed by atoms with Gasteiger partial charge in [0.05, 0.1) is 5.41 Å². The molecule has 62 heavy (non-hydrogen) atoms. The zero-order valence-electron chi connectivity index (χ0n) is 33.5. The summed E-state index contributed by atoms with van der Waals surface area (Å²) in [7, 11) is 0. The van der Waals surface area contributed by atoms with Crippen molar-refractivity contribution in [2.75, 3.05) is 0 Å². The van der Waals surface area contributed by atoms with Gasteiger partial charge in [0.1, 0.15) is 11.2 Å². The third-order valence-electron chi connectivity index (χ3n) is 13.0. The summed E-state index contributed by atoms with van der Waals surface area (Å²) in [5, 5.41) is 2.24. The van der Waals surface area contributed by atoms with Crippen LogP contribution >= 0.6 is 0 Å². The Hall–Kier alpha value is -8.21. The van der Waals surface area contributed by atoms with E-state index in [1.54, 1.807) is 0 Å². The Bertz CT molecular complexity index is 3540. The van der Waals surface area contributed by atoms with E-state index in [1.165, 1.54) is 55.6 Å². The molecule has 2 aromatic heterocycles. The highest BCUT2D eigenvalue weighted by Crippen LogP contribution is 2.61. The van der Waals surface area contributed by atoms with Crippen LogP contribution in [0.4, 0.5) is 0 Å². The normalized spacial score (nSPS) is 13.0. The van der Waals surface area contributed by atoms with Gasteiger partial charge in [-0.1, -0.05) is 188 Å². The number of fused-ring (bicyclic) bond motifs is 15. The average Bonchev–Trinajstić information content (AvgIpc) is 3.84. The molecule has 1 spiro atoms. The van der Waals surface area contributed by atoms with Crippen LogP contribution in [0, 0.1) is 0 Å². The molecule has 0 atom stereocenters. The van der Waals surface area contributed by atoms with Crippen LogP contribution < -0.4 is 0 Å². The molecule has 2 aliphatic rings. The summed E-state index contributed by atoms with van der Waals surface area (Å²) in [5.74, 6) is 1.86. The van der Waals surface area contributed by atoms with Crippen LogP contribution in [0.5, 0.6) is 0 Å². The van der Waals surface area contributed by atoms with Gasteiger partial charge in [0.15, 0.2) is 17.5 Å². The van der Waals surface area contributed by atoms with E-state index in [4.69, 9.17) is 19.4 Å². The molecule has 13 rings (SSSR count). The second-order valence-electron chi connectivity index (χ2n) is 16.3. The fourth-order valence-corrected chi connectivity index (χ4v) is 10.3. The Labute approximate surface area is 358 Å². The monoisotopic (exact) mass is 789 g/mol. The van der Waals surface area contributed by atoms with E-state index in [0.717, 1.165) is 49.8 Å². The fourth-order valence-electron chi connectivity index (χ4n) is 10.3. The lowest BCUT2D eigenvalue weighted by molar-refractivity contribution is 0.669. The number of hydrogen-bond donors (Lipinski definition) is 0. The van der Waals surface area contributed by atoms with E-state index in [2.05, 4.69) is 182 Å². The third-order valence-corrected chi connectivity index (χ3v) is 13.0. The van der Waals surface area contributed by atoms with Crippen molar-refractivity contribution in [2.24, 2.45) is 0 Å². The maximum atomic E-state index is 6.23. The number of para-hydroxylation sites is 1. The van der Waals surface area contributed by atoms with Gasteiger partial charge in [0.2, 0.25) is 0 Å². The molecule has 0 bridgehead atoms. The van der Waals surface area contributed by atoms with Crippen molar-refractivity contribution in [3.63, 3.8) is 0 Å². The topological polar surface area (TPSA) is 51.8 Å². The first-order chi connectivity index (χ1) is 30.7. The Morgan fingerprint density at radius 1 is 0.274 bits per heavy atom. The molecular weight excluding hydrogens is 755 g/mol. The molecule has 288 valence electrons. The molecule has 0 N–H and O–H groups in total. The van der Waals surface area contributed by atoms with Gasteiger partial charge in [0, 0.05) is 27.5 Å². The van der Waals surface area contributed by atoms with E-state index < -0.39 is 5.41 Å². The van der Waals surface area contributed by atoms with Crippen LogP contribution in [0.3, 0.4) is 0 Å². The Kier molecular flexibility index (Phi) is 7.49. The van der Waals surface area contributed by atoms with E-state index in [9.17, 15) is 0 Å². The SMILES string of the molecule is c1ccc(-c2nc(-c3ccc(-c4ccc5c(c4)oc4ccccc45)cc3)nc(-c3ccc4c(c3)C3(c5ccccc5-c5ccccc5-4)c4ccccc4-c4ccccc43)n2)cc1. The average molecular weight is 790 g/mol. The zero-order valence-corrected chi connectivity index (χ0v) is 33.5. The zero-order chi connectivity index (χ0) is 40.8. The Morgan fingerprint density at radius 3 is 1.35 bits per heavy atom. The standard InChI is InChI=1S/C58H35N3O/c1-2-14-37(15-3-1)55-59-56(38-28-26-36(27-29-38)39-30-33-48-47-21-9-13-25-53(47)62-54(48)35-39)61-57(60-55)40-31-32-46-42-17-5-4-16-41(42)43-18-6-10-22-49(43)58(52(46)34-40)50-23-11-7-19-44(50)45-20-8-12-24-51(45)58/h1-35H. The molecule has 4 heteroatoms. The molecule has 0 amide bonds. The first kappa shape index (κ1) is 34.6. The third kappa shape index (κ3) is 5.04. The van der Waals surface area contributed by atoms with Gasteiger partial charge in [-0.05, 0) is 91.0 Å². The van der Waals surface area contributed by atoms with Crippen LogP contribution in [-0.2, 0) is 5.41 Å². The van der Waals surface area contributed by atoms with Crippen LogP contribution in [-0.4, -0.2) is 15.0 Å². The minimum absolute atomic E-state index is 0.604. The molecule has 0 unspecified atom stereocenters. The second kappa shape index (κ2) is 13.4. The number of furan rings is 1. The highest BCUT2D eigenvalue weighted by Gasteiger charge is 2.49. The van der Waals surface area contributed by atoms with Crippen LogP contribution in [0.15, 0.2) is 217 Å². The van der Waals surface area contributed by atoms with Crippen molar-refractivity contribution in [1.29, 1.82) is 0 Å². The quantitative estimate of drug-likeness (QED) is 0.178. The van der Waals surface area contributed by atoms with Gasteiger partial charge in [0.25, 0.3) is 0 Å². The molecule has 4 nitrogen and oxygen atoms in total. The molecular formula is C58H35N3O. The largest absolute Gasteiger partial charge is 0.456 e. The first-order valence-corrected chi connectivity index (χ1v) is 21.1. The molecule has 0 saturated heterocycles. The molecule has 2 aliphatic carbocycles. The minimum Gasteiger partial charge on any atom is -0.456 e. The minimum atomic E-state index is -0.604. The molecule has 0 saturated carbocycles. The maximum absolute atomic E-state index is 6.23. The lowest BCUT2D eigenvalue weighted by atomic mass is 9.65. The van der Waals surface area contributed by atoms with Crippen LogP contribution in [0.1, 0.15) is 22.3 Å². The van der Waals surface area contributed by atoms with Gasteiger partial charge in [-0.25, -0.2) is 15.0 Å². The van der Waals surface area contributed by atoms with E-state index >= 15 is 0 Å². The number of nitrogens with zero attached hydrogens (tertiary/aromatic N) is 3. The molecule has 2 heterocycles. The van der Waals surface area contributed by atoms with Gasteiger partial charge < -0.3 is 4.42 Å². The molecule has 0 fully saturated rings. The van der Waals surface area contributed by atoms with E-state index in [1.807, 2.05) is 30.3 Å². The molecule has 0 radical (unpaired) electrons. The van der Waals surface area contributed by atoms with Gasteiger partial charge in [-0.2, -0.15) is 0 Å². The van der Waals surface area contributed by atoms with E-state index in [0.29, 0.717) is 17.5 Å². The van der Waals surface area contributed by atoms with Crippen molar-refractivity contribution in [1.82, 2.24) is 15.0 Å². The summed E-state index contributed by atoms with van der Waals surface area (Å²) in [6.07, 6.45) is 0.